The van der Waals surface area contributed by atoms with Crippen molar-refractivity contribution in [2.24, 2.45) is 16.2 Å². The van der Waals surface area contributed by atoms with Gasteiger partial charge < -0.3 is 11.2 Å². The Bertz CT molecular complexity index is 723. The summed E-state index contributed by atoms with van der Waals surface area (Å²) in [7, 11) is 0. The molecule has 0 radical (unpaired) electrons. The monoisotopic (exact) mass is 288 g/mol. The van der Waals surface area contributed by atoms with E-state index in [2.05, 4.69) is 20.8 Å². The van der Waals surface area contributed by atoms with Gasteiger partial charge in [-0.15, -0.1) is 0 Å². The first kappa shape index (κ1) is 13.4. The average Bonchev–Trinajstić information content (AvgIpc) is 2.87. The molecule has 2 heterocycles. The normalized spacial score (nSPS) is 14.3. The summed E-state index contributed by atoms with van der Waals surface area (Å²) >= 11 is 0. The minimum Gasteiger partial charge on any atom is -0.309 e. The van der Waals surface area contributed by atoms with Gasteiger partial charge in [0.1, 0.15) is 11.5 Å². The van der Waals surface area contributed by atoms with E-state index < -0.39 is 11.7 Å². The Balaban J connectivity index is 2.19. The van der Waals surface area contributed by atoms with Crippen molar-refractivity contribution in [2.45, 2.75) is 13.1 Å². The maximum absolute atomic E-state index is 13.4. The molecule has 0 spiro atoms. The predicted octanol–water partition coefficient (Wildman–Crippen LogP) is 1.26. The second-order valence-corrected chi connectivity index (χ2v) is 4.60. The van der Waals surface area contributed by atoms with Crippen LogP contribution >= 0.6 is 0 Å². The van der Waals surface area contributed by atoms with Crippen LogP contribution in [-0.4, -0.2) is 22.2 Å². The molecule has 1 aliphatic rings. The highest BCUT2D eigenvalue weighted by Crippen LogP contribution is 2.28. The predicted molar refractivity (Wildman–Crippen MR) is 72.7 cm³/mol. The minimum atomic E-state index is -0.582. The number of nitrogens with two attached hydrogens (primary N) is 1. The van der Waals surface area contributed by atoms with Crippen molar-refractivity contribution in [1.29, 1.82) is 0 Å². The number of hydrogen-bond acceptors (Lipinski definition) is 4. The van der Waals surface area contributed by atoms with Gasteiger partial charge in [-0.25, -0.2) is 4.39 Å². The second-order valence-electron chi connectivity index (χ2n) is 4.60. The van der Waals surface area contributed by atoms with E-state index >= 15 is 0 Å². The SMILES string of the molecule is NN=NC(=O)c1c(-c2cccc(F)c2)nn2c1CNCC2. The van der Waals surface area contributed by atoms with Crippen LogP contribution in [0.4, 0.5) is 4.39 Å². The van der Waals surface area contributed by atoms with Crippen LogP contribution in [-0.2, 0) is 13.1 Å². The third-order valence-electron chi connectivity index (χ3n) is 3.31. The van der Waals surface area contributed by atoms with E-state index in [0.29, 0.717) is 35.6 Å². The zero-order valence-corrected chi connectivity index (χ0v) is 11.1. The molecule has 1 aliphatic heterocycles. The number of benzene rings is 1. The first-order chi connectivity index (χ1) is 10.2. The van der Waals surface area contributed by atoms with Gasteiger partial charge in [-0.3, -0.25) is 9.48 Å². The van der Waals surface area contributed by atoms with Gasteiger partial charge in [0, 0.05) is 18.7 Å². The number of fused-ring (bicyclic) bond motifs is 1. The summed E-state index contributed by atoms with van der Waals surface area (Å²) in [5, 5.41) is 14.0. The van der Waals surface area contributed by atoms with Crippen molar-refractivity contribution < 1.29 is 9.18 Å². The number of amides is 1. The van der Waals surface area contributed by atoms with Crippen LogP contribution in [0.2, 0.25) is 0 Å². The highest BCUT2D eigenvalue weighted by molar-refractivity contribution is 6.01. The Morgan fingerprint density at radius 1 is 1.48 bits per heavy atom. The van der Waals surface area contributed by atoms with Gasteiger partial charge in [0.25, 0.3) is 0 Å². The molecule has 0 atom stereocenters. The summed E-state index contributed by atoms with van der Waals surface area (Å²) in [6.45, 7) is 1.87. The van der Waals surface area contributed by atoms with Crippen LogP contribution in [0.1, 0.15) is 16.1 Å². The van der Waals surface area contributed by atoms with Crippen molar-refractivity contribution in [3.8, 4) is 11.3 Å². The molecule has 21 heavy (non-hydrogen) atoms. The Kier molecular flexibility index (Phi) is 3.44. The number of nitrogens with zero attached hydrogens (tertiary/aromatic N) is 4. The summed E-state index contributed by atoms with van der Waals surface area (Å²) in [5.41, 5.74) is 1.93. The van der Waals surface area contributed by atoms with Gasteiger partial charge in [0.05, 0.1) is 17.8 Å². The first-order valence-electron chi connectivity index (χ1n) is 6.42. The molecule has 0 fully saturated rings. The van der Waals surface area contributed by atoms with Crippen LogP contribution < -0.4 is 11.2 Å². The van der Waals surface area contributed by atoms with Gasteiger partial charge in [0.15, 0.2) is 0 Å². The van der Waals surface area contributed by atoms with Crippen LogP contribution in [0.3, 0.4) is 0 Å². The fourth-order valence-electron chi connectivity index (χ4n) is 2.42. The molecule has 8 heteroatoms. The lowest BCUT2D eigenvalue weighted by molar-refractivity contribution is 0.0992. The zero-order valence-electron chi connectivity index (χ0n) is 11.1. The number of halogens is 1. The van der Waals surface area contributed by atoms with Crippen LogP contribution in [0.25, 0.3) is 11.3 Å². The number of rotatable bonds is 2. The van der Waals surface area contributed by atoms with E-state index in [-0.39, 0.29) is 0 Å². The van der Waals surface area contributed by atoms with E-state index in [4.69, 9.17) is 5.84 Å². The summed E-state index contributed by atoms with van der Waals surface area (Å²) in [6, 6.07) is 5.93. The van der Waals surface area contributed by atoms with Crippen molar-refractivity contribution in [3.63, 3.8) is 0 Å². The fraction of sp³-hybridized carbons (Fsp3) is 0.231. The number of hydrogen-bond donors (Lipinski definition) is 2. The average molecular weight is 288 g/mol. The van der Waals surface area contributed by atoms with Crippen LogP contribution in [0.5, 0.6) is 0 Å². The summed E-state index contributed by atoms with van der Waals surface area (Å²) in [4.78, 5) is 12.1. The lowest BCUT2D eigenvalue weighted by atomic mass is 10.0. The Labute approximate surface area is 119 Å². The van der Waals surface area contributed by atoms with Crippen molar-refractivity contribution in [3.05, 3.63) is 41.3 Å². The zero-order chi connectivity index (χ0) is 14.8. The molecule has 0 saturated heterocycles. The van der Waals surface area contributed by atoms with Crippen molar-refractivity contribution in [2.75, 3.05) is 6.54 Å². The molecule has 3 N–H and O–H groups in total. The third-order valence-corrected chi connectivity index (χ3v) is 3.31. The molecule has 0 bridgehead atoms. The molecule has 3 rings (SSSR count). The Morgan fingerprint density at radius 3 is 3.10 bits per heavy atom. The van der Waals surface area contributed by atoms with Gasteiger partial charge in [-0.05, 0) is 12.1 Å². The van der Waals surface area contributed by atoms with E-state index in [9.17, 15) is 9.18 Å². The van der Waals surface area contributed by atoms with Gasteiger partial charge in [0.2, 0.25) is 0 Å². The van der Waals surface area contributed by atoms with Crippen molar-refractivity contribution >= 4 is 5.91 Å². The maximum Gasteiger partial charge on any atom is 0.301 e. The highest BCUT2D eigenvalue weighted by Gasteiger charge is 2.26. The molecule has 1 amide bonds. The fourth-order valence-corrected chi connectivity index (χ4v) is 2.42. The van der Waals surface area contributed by atoms with Crippen molar-refractivity contribution in [1.82, 2.24) is 15.1 Å². The van der Waals surface area contributed by atoms with Gasteiger partial charge in [-0.1, -0.05) is 22.5 Å². The Hall–Kier alpha value is -2.61. The molecule has 0 unspecified atom stereocenters. The molecular formula is C13H13FN6O. The molecule has 1 aromatic carbocycles. The van der Waals surface area contributed by atoms with E-state index in [1.165, 1.54) is 12.1 Å². The summed E-state index contributed by atoms with van der Waals surface area (Å²) < 4.78 is 15.2. The van der Waals surface area contributed by atoms with Gasteiger partial charge >= 0.3 is 5.91 Å². The molecule has 0 saturated carbocycles. The van der Waals surface area contributed by atoms with Crippen LogP contribution in [0.15, 0.2) is 34.6 Å². The molecule has 2 aromatic rings. The molecule has 1 aromatic heterocycles. The largest absolute Gasteiger partial charge is 0.309 e. The molecule has 0 aliphatic carbocycles. The second kappa shape index (κ2) is 5.41. The number of nitrogens with one attached hydrogen (secondary N) is 1. The summed E-state index contributed by atoms with van der Waals surface area (Å²) in [6.07, 6.45) is 0. The van der Waals surface area contributed by atoms with E-state index in [1.807, 2.05) is 0 Å². The standard InChI is InChI=1S/C13H13FN6O/c14-9-3-1-2-8(6-9)12-11(13(21)17-19-15)10-7-16-4-5-20(10)18-12/h1-3,6,16H,4-5,7H2,(H2,15,17,21). The lowest BCUT2D eigenvalue weighted by Gasteiger charge is -2.14. The minimum absolute atomic E-state index is 0.307. The smallest absolute Gasteiger partial charge is 0.301 e. The Morgan fingerprint density at radius 2 is 2.33 bits per heavy atom. The quantitative estimate of drug-likeness (QED) is 0.494. The molecule has 108 valence electrons. The van der Waals surface area contributed by atoms with E-state index in [0.717, 1.165) is 6.54 Å². The van der Waals surface area contributed by atoms with Crippen LogP contribution in [0, 0.1) is 5.82 Å². The number of carbonyl (C=O) groups excluding carboxylic acids is 1. The molecular weight excluding hydrogens is 275 g/mol. The highest BCUT2D eigenvalue weighted by atomic mass is 19.1. The first-order valence-corrected chi connectivity index (χ1v) is 6.42. The third kappa shape index (κ3) is 2.40. The summed E-state index contributed by atoms with van der Waals surface area (Å²) in [5.74, 6) is 3.98. The molecule has 7 nitrogen and oxygen atoms in total. The number of carbonyl (C=O) groups is 1. The topological polar surface area (TPSA) is 97.7 Å². The van der Waals surface area contributed by atoms with E-state index in [1.54, 1.807) is 16.8 Å². The van der Waals surface area contributed by atoms with Gasteiger partial charge in [-0.2, -0.15) is 5.10 Å². The maximum atomic E-state index is 13.4. The lowest BCUT2D eigenvalue weighted by Crippen LogP contribution is -2.29. The number of aromatic nitrogens is 2.